The van der Waals surface area contributed by atoms with Gasteiger partial charge >= 0.3 is 0 Å². The van der Waals surface area contributed by atoms with Gasteiger partial charge in [-0.1, -0.05) is 59.3 Å². The molecule has 0 radical (unpaired) electrons. The number of carbonyl (C=O) groups is 2. The van der Waals surface area contributed by atoms with Gasteiger partial charge in [0.15, 0.2) is 11.5 Å². The van der Waals surface area contributed by atoms with Crippen molar-refractivity contribution in [3.63, 3.8) is 0 Å². The first kappa shape index (κ1) is 21.7. The zero-order valence-corrected chi connectivity index (χ0v) is 18.0. The fraction of sp³-hybridized carbons (Fsp3) is 0.292. The summed E-state index contributed by atoms with van der Waals surface area (Å²) < 4.78 is 10.7. The molecule has 0 bridgehead atoms. The molecule has 0 aliphatic carbocycles. The van der Waals surface area contributed by atoms with E-state index in [2.05, 4.69) is 10.6 Å². The van der Waals surface area contributed by atoms with Crippen molar-refractivity contribution in [1.29, 1.82) is 0 Å². The molecule has 1 fully saturated rings. The average molecular weight is 434 g/mol. The lowest BCUT2D eigenvalue weighted by Gasteiger charge is -2.28. The maximum absolute atomic E-state index is 13.3. The van der Waals surface area contributed by atoms with Gasteiger partial charge in [0.25, 0.3) is 11.8 Å². The van der Waals surface area contributed by atoms with E-state index in [4.69, 9.17) is 9.26 Å². The maximum atomic E-state index is 13.3. The summed E-state index contributed by atoms with van der Waals surface area (Å²) in [5.74, 6) is -0.123. The SMILES string of the molecule is Cc1cccc(-c2cc(C(=O)N(CC(=O)NN3CCOCC3)Cc3ccccc3)no2)c1. The first-order valence-corrected chi connectivity index (χ1v) is 10.6. The van der Waals surface area contributed by atoms with Crippen molar-refractivity contribution in [3.8, 4) is 11.3 Å². The molecule has 1 aliphatic heterocycles. The number of morpholine rings is 1. The lowest BCUT2D eigenvalue weighted by Crippen LogP contribution is -2.51. The molecular weight excluding hydrogens is 408 g/mol. The third-order valence-corrected chi connectivity index (χ3v) is 5.16. The van der Waals surface area contributed by atoms with Crippen LogP contribution in [-0.4, -0.2) is 59.7 Å². The van der Waals surface area contributed by atoms with Crippen LogP contribution >= 0.6 is 0 Å². The van der Waals surface area contributed by atoms with E-state index in [1.165, 1.54) is 4.90 Å². The van der Waals surface area contributed by atoms with Crippen LogP contribution in [0.25, 0.3) is 11.3 Å². The van der Waals surface area contributed by atoms with E-state index in [0.717, 1.165) is 16.7 Å². The fourth-order valence-corrected chi connectivity index (χ4v) is 3.54. The molecule has 166 valence electrons. The van der Waals surface area contributed by atoms with Gasteiger partial charge in [-0.05, 0) is 18.6 Å². The number of benzene rings is 2. The Labute approximate surface area is 186 Å². The number of nitrogens with one attached hydrogen (secondary N) is 1. The van der Waals surface area contributed by atoms with E-state index in [-0.39, 0.29) is 30.6 Å². The molecule has 0 saturated carbocycles. The minimum absolute atomic E-state index is 0.0995. The molecule has 0 unspecified atom stereocenters. The first-order chi connectivity index (χ1) is 15.6. The van der Waals surface area contributed by atoms with Gasteiger partial charge in [0, 0.05) is 31.3 Å². The molecule has 0 spiro atoms. The fourth-order valence-electron chi connectivity index (χ4n) is 3.54. The summed E-state index contributed by atoms with van der Waals surface area (Å²) in [6.45, 7) is 4.52. The number of nitrogens with zero attached hydrogens (tertiary/aromatic N) is 3. The Bertz CT molecular complexity index is 1060. The van der Waals surface area contributed by atoms with Crippen LogP contribution in [0.4, 0.5) is 0 Å². The minimum atomic E-state index is -0.367. The summed E-state index contributed by atoms with van der Waals surface area (Å²) in [4.78, 5) is 27.4. The van der Waals surface area contributed by atoms with Crippen LogP contribution in [-0.2, 0) is 16.1 Å². The predicted molar refractivity (Wildman–Crippen MR) is 118 cm³/mol. The number of aromatic nitrogens is 1. The highest BCUT2D eigenvalue weighted by Crippen LogP contribution is 2.22. The Morgan fingerprint density at radius 3 is 2.59 bits per heavy atom. The summed E-state index contributed by atoms with van der Waals surface area (Å²) in [6, 6.07) is 18.9. The molecule has 1 saturated heterocycles. The maximum Gasteiger partial charge on any atom is 0.276 e. The summed E-state index contributed by atoms with van der Waals surface area (Å²) in [6.07, 6.45) is 0. The molecule has 8 heteroatoms. The van der Waals surface area contributed by atoms with E-state index < -0.39 is 0 Å². The number of hydrogen-bond acceptors (Lipinski definition) is 6. The van der Waals surface area contributed by atoms with Gasteiger partial charge in [-0.15, -0.1) is 0 Å². The summed E-state index contributed by atoms with van der Waals surface area (Å²) >= 11 is 0. The van der Waals surface area contributed by atoms with E-state index in [1.807, 2.05) is 66.5 Å². The van der Waals surface area contributed by atoms with Crippen LogP contribution in [0.3, 0.4) is 0 Å². The van der Waals surface area contributed by atoms with Gasteiger partial charge in [-0.3, -0.25) is 15.0 Å². The lowest BCUT2D eigenvalue weighted by molar-refractivity contribution is -0.128. The zero-order valence-electron chi connectivity index (χ0n) is 18.0. The second kappa shape index (κ2) is 10.2. The Hall–Kier alpha value is -3.49. The van der Waals surface area contributed by atoms with Gasteiger partial charge in [0.1, 0.15) is 6.54 Å². The number of hydrazine groups is 1. The van der Waals surface area contributed by atoms with Crippen molar-refractivity contribution in [2.45, 2.75) is 13.5 Å². The van der Waals surface area contributed by atoms with Crippen molar-refractivity contribution in [1.82, 2.24) is 20.5 Å². The lowest BCUT2D eigenvalue weighted by atomic mass is 10.1. The van der Waals surface area contributed by atoms with Gasteiger partial charge < -0.3 is 14.2 Å². The third kappa shape index (κ3) is 5.60. The molecule has 1 N–H and O–H groups in total. The smallest absolute Gasteiger partial charge is 0.276 e. The van der Waals surface area contributed by atoms with Crippen LogP contribution in [0.2, 0.25) is 0 Å². The number of ether oxygens (including phenoxy) is 1. The van der Waals surface area contributed by atoms with E-state index >= 15 is 0 Å². The number of rotatable bonds is 7. The standard InChI is InChI=1S/C24H26N4O4/c1-18-6-5-9-20(14-18)22-15-21(26-32-22)24(30)27(16-19-7-3-2-4-8-19)17-23(29)25-28-10-12-31-13-11-28/h2-9,14-15H,10-13,16-17H2,1H3,(H,25,29). The monoisotopic (exact) mass is 434 g/mol. The van der Waals surface area contributed by atoms with Crippen molar-refractivity contribution in [2.24, 2.45) is 0 Å². The van der Waals surface area contributed by atoms with Crippen LogP contribution < -0.4 is 5.43 Å². The molecule has 3 aromatic rings. The Morgan fingerprint density at radius 1 is 1.06 bits per heavy atom. The van der Waals surface area contributed by atoms with Gasteiger partial charge in [0.05, 0.1) is 13.2 Å². The largest absolute Gasteiger partial charge is 0.379 e. The summed E-state index contributed by atoms with van der Waals surface area (Å²) in [7, 11) is 0. The molecule has 0 atom stereocenters. The van der Waals surface area contributed by atoms with Crippen molar-refractivity contribution < 1.29 is 18.8 Å². The van der Waals surface area contributed by atoms with Gasteiger partial charge in [-0.2, -0.15) is 0 Å². The van der Waals surface area contributed by atoms with Crippen molar-refractivity contribution >= 4 is 11.8 Å². The van der Waals surface area contributed by atoms with Crippen molar-refractivity contribution in [2.75, 3.05) is 32.8 Å². The van der Waals surface area contributed by atoms with Crippen LogP contribution in [0.1, 0.15) is 21.6 Å². The summed E-state index contributed by atoms with van der Waals surface area (Å²) in [5, 5.41) is 5.79. The minimum Gasteiger partial charge on any atom is -0.379 e. The average Bonchev–Trinajstić information content (AvgIpc) is 3.30. The molecule has 4 rings (SSSR count). The summed E-state index contributed by atoms with van der Waals surface area (Å²) in [5.41, 5.74) is 5.86. The Kier molecular flexibility index (Phi) is 6.94. The molecule has 1 aromatic heterocycles. The zero-order chi connectivity index (χ0) is 22.3. The molecule has 1 aliphatic rings. The van der Waals surface area contributed by atoms with Crippen LogP contribution in [0.15, 0.2) is 65.2 Å². The van der Waals surface area contributed by atoms with E-state index in [1.54, 1.807) is 6.07 Å². The quantitative estimate of drug-likeness (QED) is 0.615. The number of amides is 2. The highest BCUT2D eigenvalue weighted by atomic mass is 16.5. The van der Waals surface area contributed by atoms with E-state index in [0.29, 0.717) is 32.1 Å². The number of aryl methyl sites for hydroxylation is 1. The van der Waals surface area contributed by atoms with E-state index in [9.17, 15) is 9.59 Å². The van der Waals surface area contributed by atoms with Crippen LogP contribution in [0.5, 0.6) is 0 Å². The number of hydrogen-bond donors (Lipinski definition) is 1. The van der Waals surface area contributed by atoms with Crippen LogP contribution in [0, 0.1) is 6.92 Å². The second-order valence-electron chi connectivity index (χ2n) is 7.73. The van der Waals surface area contributed by atoms with Gasteiger partial charge in [-0.25, -0.2) is 5.01 Å². The molecule has 8 nitrogen and oxygen atoms in total. The third-order valence-electron chi connectivity index (χ3n) is 5.16. The Morgan fingerprint density at radius 2 is 1.84 bits per heavy atom. The predicted octanol–water partition coefficient (Wildman–Crippen LogP) is 2.66. The second-order valence-corrected chi connectivity index (χ2v) is 7.73. The Balaban J connectivity index is 1.51. The molecule has 32 heavy (non-hydrogen) atoms. The first-order valence-electron chi connectivity index (χ1n) is 10.6. The molecule has 2 amide bonds. The highest BCUT2D eigenvalue weighted by Gasteiger charge is 2.24. The topological polar surface area (TPSA) is 87.9 Å². The van der Waals surface area contributed by atoms with Crippen molar-refractivity contribution in [3.05, 3.63) is 77.5 Å². The number of carbonyl (C=O) groups excluding carboxylic acids is 2. The normalized spacial score (nSPS) is 14.2. The van der Waals surface area contributed by atoms with Gasteiger partial charge in [0.2, 0.25) is 0 Å². The molecular formula is C24H26N4O4. The molecule has 2 heterocycles. The highest BCUT2D eigenvalue weighted by molar-refractivity contribution is 5.95. The molecule has 2 aromatic carbocycles.